The van der Waals surface area contributed by atoms with Gasteiger partial charge in [-0.05, 0) is 49.2 Å². The van der Waals surface area contributed by atoms with Gasteiger partial charge in [-0.2, -0.15) is 5.10 Å². The van der Waals surface area contributed by atoms with E-state index in [0.29, 0.717) is 34.1 Å². The van der Waals surface area contributed by atoms with Gasteiger partial charge in [0.2, 0.25) is 0 Å². The first-order chi connectivity index (χ1) is 15.0. The van der Waals surface area contributed by atoms with Gasteiger partial charge in [0.25, 0.3) is 5.91 Å². The molecule has 1 unspecified atom stereocenters. The first kappa shape index (κ1) is 21.0. The summed E-state index contributed by atoms with van der Waals surface area (Å²) in [5.74, 6) is -0.825. The van der Waals surface area contributed by atoms with E-state index in [-0.39, 0.29) is 17.6 Å². The van der Waals surface area contributed by atoms with E-state index in [9.17, 15) is 14.7 Å². The molecule has 160 valence electrons. The Hall–Kier alpha value is -3.23. The fraction of sp³-hybridized carbons (Fsp3) is 0.273. The van der Waals surface area contributed by atoms with Crippen LogP contribution in [0.5, 0.6) is 0 Å². The van der Waals surface area contributed by atoms with Gasteiger partial charge in [0.05, 0.1) is 17.3 Å². The average Bonchev–Trinajstić information content (AvgIpc) is 3.18. The number of carboxylic acids is 1. The lowest BCUT2D eigenvalue weighted by molar-refractivity contribution is 0.0685. The molecule has 0 spiro atoms. The molecule has 2 N–H and O–H groups in total. The second kappa shape index (κ2) is 8.87. The zero-order chi connectivity index (χ0) is 22.0. The number of halogens is 1. The quantitative estimate of drug-likeness (QED) is 0.633. The van der Waals surface area contributed by atoms with Gasteiger partial charge >= 0.3 is 5.97 Å². The molecule has 0 radical (unpaired) electrons. The summed E-state index contributed by atoms with van der Waals surface area (Å²) in [5.41, 5.74) is 1.73. The van der Waals surface area contributed by atoms with E-state index < -0.39 is 5.97 Å². The van der Waals surface area contributed by atoms with Gasteiger partial charge in [0.1, 0.15) is 0 Å². The number of aromatic carboxylic acids is 1. The fourth-order valence-electron chi connectivity index (χ4n) is 3.88. The second-order valence-electron chi connectivity index (χ2n) is 7.40. The number of piperidine rings is 1. The summed E-state index contributed by atoms with van der Waals surface area (Å²) in [5, 5.41) is 17.3. The molecular formula is C22H22ClN5O3. The van der Waals surface area contributed by atoms with Crippen molar-refractivity contribution in [1.29, 1.82) is 0 Å². The predicted molar refractivity (Wildman–Crippen MR) is 118 cm³/mol. The van der Waals surface area contributed by atoms with Crippen LogP contribution in [-0.2, 0) is 7.05 Å². The number of carbonyl (C=O) groups is 2. The second-order valence-corrected chi connectivity index (χ2v) is 7.80. The van der Waals surface area contributed by atoms with Crippen LogP contribution in [0, 0.1) is 0 Å². The third-order valence-electron chi connectivity index (χ3n) is 5.41. The van der Waals surface area contributed by atoms with Gasteiger partial charge in [0.15, 0.2) is 11.5 Å². The van der Waals surface area contributed by atoms with Crippen molar-refractivity contribution in [2.75, 3.05) is 18.0 Å². The van der Waals surface area contributed by atoms with Crippen molar-refractivity contribution in [3.05, 3.63) is 65.1 Å². The van der Waals surface area contributed by atoms with Crippen molar-refractivity contribution in [3.63, 3.8) is 0 Å². The van der Waals surface area contributed by atoms with E-state index >= 15 is 0 Å². The van der Waals surface area contributed by atoms with Crippen molar-refractivity contribution >= 4 is 29.3 Å². The Morgan fingerprint density at radius 2 is 2.03 bits per heavy atom. The topological polar surface area (TPSA) is 100 Å². The van der Waals surface area contributed by atoms with E-state index in [1.54, 1.807) is 54.5 Å². The molecule has 31 heavy (non-hydrogen) atoms. The smallest absolute Gasteiger partial charge is 0.354 e. The lowest BCUT2D eigenvalue weighted by Crippen LogP contribution is -2.49. The van der Waals surface area contributed by atoms with Gasteiger partial charge in [-0.3, -0.25) is 14.4 Å². The molecule has 1 atom stereocenters. The predicted octanol–water partition coefficient (Wildman–Crippen LogP) is 3.23. The summed E-state index contributed by atoms with van der Waals surface area (Å²) >= 11 is 6.38. The number of anilines is 1. The van der Waals surface area contributed by atoms with Crippen molar-refractivity contribution in [2.24, 2.45) is 7.05 Å². The third-order valence-corrected chi connectivity index (χ3v) is 5.70. The van der Waals surface area contributed by atoms with Crippen LogP contribution in [0.3, 0.4) is 0 Å². The van der Waals surface area contributed by atoms with Crippen LogP contribution in [0.4, 0.5) is 5.82 Å². The first-order valence-electron chi connectivity index (χ1n) is 9.98. The third kappa shape index (κ3) is 4.17. The Morgan fingerprint density at radius 1 is 1.26 bits per heavy atom. The average molecular weight is 440 g/mol. The molecule has 2 aromatic heterocycles. The minimum atomic E-state index is -1.06. The maximum atomic E-state index is 13.5. The van der Waals surface area contributed by atoms with Crippen molar-refractivity contribution in [3.8, 4) is 11.1 Å². The number of aromatic nitrogens is 3. The molecule has 9 heteroatoms. The van der Waals surface area contributed by atoms with E-state index in [4.69, 9.17) is 11.6 Å². The lowest BCUT2D eigenvalue weighted by Gasteiger charge is -2.34. The van der Waals surface area contributed by atoms with Crippen molar-refractivity contribution < 1.29 is 14.7 Å². The van der Waals surface area contributed by atoms with Crippen LogP contribution >= 0.6 is 11.6 Å². The number of aryl methyl sites for hydroxylation is 1. The van der Waals surface area contributed by atoms with E-state index in [1.165, 1.54) is 10.9 Å². The summed E-state index contributed by atoms with van der Waals surface area (Å²) < 4.78 is 1.32. The highest BCUT2D eigenvalue weighted by atomic mass is 35.5. The summed E-state index contributed by atoms with van der Waals surface area (Å²) in [7, 11) is 1.58. The van der Waals surface area contributed by atoms with Gasteiger partial charge in [-0.1, -0.05) is 23.7 Å². The zero-order valence-electron chi connectivity index (χ0n) is 17.0. The zero-order valence-corrected chi connectivity index (χ0v) is 17.7. The van der Waals surface area contributed by atoms with Gasteiger partial charge < -0.3 is 10.4 Å². The largest absolute Gasteiger partial charge is 0.477 e. The van der Waals surface area contributed by atoms with Crippen LogP contribution in [-0.4, -0.2) is 50.9 Å². The molecule has 8 nitrogen and oxygen atoms in total. The van der Waals surface area contributed by atoms with Crippen LogP contribution in [0.25, 0.3) is 11.1 Å². The Labute approximate surface area is 184 Å². The Kier molecular flexibility index (Phi) is 6.01. The van der Waals surface area contributed by atoms with E-state index in [1.807, 2.05) is 0 Å². The molecular weight excluding hydrogens is 418 g/mol. The maximum absolute atomic E-state index is 13.5. The highest BCUT2D eigenvalue weighted by Gasteiger charge is 2.30. The minimum absolute atomic E-state index is 0.0646. The molecule has 1 aliphatic heterocycles. The number of amides is 1. The van der Waals surface area contributed by atoms with Crippen molar-refractivity contribution in [2.45, 2.75) is 18.9 Å². The van der Waals surface area contributed by atoms with Gasteiger partial charge in [-0.15, -0.1) is 0 Å². The SMILES string of the molecule is Cn1ncc(-c2ccc(C(=O)N(c3ncccc3Cl)C3CCCNC3)cc2)c1C(=O)O. The number of hydrogen-bond donors (Lipinski definition) is 2. The summed E-state index contributed by atoms with van der Waals surface area (Å²) in [6.45, 7) is 1.58. The van der Waals surface area contributed by atoms with E-state index in [0.717, 1.165) is 19.4 Å². The molecule has 1 aromatic carbocycles. The first-order valence-corrected chi connectivity index (χ1v) is 10.4. The molecule has 0 saturated carbocycles. The standard InChI is InChI=1S/C22H22ClN5O3/c1-27-19(22(30)31)17(13-26-27)14-6-8-15(9-7-14)21(29)28(16-4-2-10-24-12-16)20-18(23)5-3-11-25-20/h3,5-9,11,13,16,24H,2,4,10,12H2,1H3,(H,30,31). The fourth-order valence-corrected chi connectivity index (χ4v) is 4.09. The number of hydrogen-bond acceptors (Lipinski definition) is 5. The highest BCUT2D eigenvalue weighted by molar-refractivity contribution is 6.33. The molecule has 1 fully saturated rings. The number of benzene rings is 1. The molecule has 0 bridgehead atoms. The number of pyridine rings is 1. The summed E-state index contributed by atoms with van der Waals surface area (Å²) in [6, 6.07) is 10.2. The van der Waals surface area contributed by atoms with Crippen LogP contribution in [0.1, 0.15) is 33.7 Å². The Morgan fingerprint density at radius 3 is 2.68 bits per heavy atom. The Balaban J connectivity index is 1.68. The van der Waals surface area contributed by atoms with Gasteiger partial charge in [-0.25, -0.2) is 9.78 Å². The number of carboxylic acid groups (broad SMARTS) is 1. The van der Waals surface area contributed by atoms with E-state index in [2.05, 4.69) is 15.4 Å². The van der Waals surface area contributed by atoms with Crippen LogP contribution in [0.15, 0.2) is 48.8 Å². The van der Waals surface area contributed by atoms with Crippen LogP contribution < -0.4 is 10.2 Å². The number of nitrogens with one attached hydrogen (secondary N) is 1. The van der Waals surface area contributed by atoms with Gasteiger partial charge in [0, 0.05) is 30.9 Å². The number of nitrogens with zero attached hydrogens (tertiary/aromatic N) is 4. The number of carbonyl (C=O) groups excluding carboxylic acids is 1. The molecule has 1 saturated heterocycles. The lowest BCUT2D eigenvalue weighted by atomic mass is 10.0. The molecule has 1 aliphatic rings. The monoisotopic (exact) mass is 439 g/mol. The van der Waals surface area contributed by atoms with Crippen molar-refractivity contribution in [1.82, 2.24) is 20.1 Å². The highest BCUT2D eigenvalue weighted by Crippen LogP contribution is 2.29. The molecule has 1 amide bonds. The molecule has 3 heterocycles. The summed E-state index contributed by atoms with van der Waals surface area (Å²) in [6.07, 6.45) is 4.93. The minimum Gasteiger partial charge on any atom is -0.477 e. The van der Waals surface area contributed by atoms with Crippen LogP contribution in [0.2, 0.25) is 5.02 Å². The summed E-state index contributed by atoms with van der Waals surface area (Å²) in [4.78, 5) is 31.1. The maximum Gasteiger partial charge on any atom is 0.354 e. The molecule has 3 aromatic rings. The normalized spacial score (nSPS) is 16.1. The number of rotatable bonds is 5. The molecule has 0 aliphatic carbocycles. The Bertz CT molecular complexity index is 1110. The molecule has 4 rings (SSSR count).